The molecule has 0 aromatic heterocycles. The van der Waals surface area contributed by atoms with Crippen LogP contribution in [0.1, 0.15) is 6.42 Å². The molecule has 0 radical (unpaired) electrons. The number of hydrogen-bond acceptors (Lipinski definition) is 5. The van der Waals surface area contributed by atoms with E-state index in [-0.39, 0.29) is 0 Å². The molecule has 0 spiro atoms. The number of carbonyl (C=O) groups excluding carboxylic acids is 4. The molecule has 0 rings (SSSR count). The average molecular weight is 289 g/mol. The van der Waals surface area contributed by atoms with E-state index in [1.54, 1.807) is 0 Å². The number of urea groups is 1. The molecule has 0 bridgehead atoms. The molecule has 0 aliphatic carbocycles. The minimum atomic E-state index is -1.59. The highest BCUT2D eigenvalue weighted by Gasteiger charge is 2.26. The predicted octanol–water partition coefficient (Wildman–Crippen LogP) is -3.70. The summed E-state index contributed by atoms with van der Waals surface area (Å²) in [5.74, 6) is -4.31. The van der Waals surface area contributed by atoms with Crippen molar-refractivity contribution in [2.45, 2.75) is 12.5 Å². The van der Waals surface area contributed by atoms with Crippen LogP contribution in [0.2, 0.25) is 0 Å². The lowest BCUT2D eigenvalue weighted by molar-refractivity contribution is -0.140. The van der Waals surface area contributed by atoms with E-state index >= 15 is 0 Å². The van der Waals surface area contributed by atoms with Gasteiger partial charge in [-0.05, 0) is 0 Å². The zero-order valence-corrected chi connectivity index (χ0v) is 10.4. The van der Waals surface area contributed by atoms with Gasteiger partial charge in [-0.1, -0.05) is 0 Å². The fraction of sp³-hybridized carbons (Fsp3) is 0.444. The summed E-state index contributed by atoms with van der Waals surface area (Å²) >= 11 is 0. The van der Waals surface area contributed by atoms with Crippen molar-refractivity contribution in [2.24, 2.45) is 17.2 Å². The number of aliphatic carboxylic acids is 1. The number of hydrogen-bond donors (Lipinski definition) is 5. The van der Waals surface area contributed by atoms with Crippen LogP contribution < -0.4 is 22.5 Å². The van der Waals surface area contributed by atoms with Gasteiger partial charge in [0.2, 0.25) is 17.7 Å². The first-order valence-corrected chi connectivity index (χ1v) is 5.26. The first-order chi connectivity index (χ1) is 9.13. The van der Waals surface area contributed by atoms with Gasteiger partial charge in [0.15, 0.2) is 0 Å². The van der Waals surface area contributed by atoms with Crippen molar-refractivity contribution in [1.29, 1.82) is 0 Å². The van der Waals surface area contributed by atoms with Crippen LogP contribution in [-0.2, 0) is 19.2 Å². The van der Waals surface area contributed by atoms with Crippen molar-refractivity contribution < 1.29 is 29.1 Å². The molecule has 0 aromatic rings. The first kappa shape index (κ1) is 17.2. The van der Waals surface area contributed by atoms with Gasteiger partial charge in [0, 0.05) is 0 Å². The molecule has 1 atom stereocenters. The molecule has 5 amide bonds. The number of amides is 5. The number of carbonyl (C=O) groups is 5. The van der Waals surface area contributed by atoms with Gasteiger partial charge in [0.25, 0.3) is 0 Å². The quantitative estimate of drug-likeness (QED) is 0.304. The van der Waals surface area contributed by atoms with E-state index < -0.39 is 55.3 Å². The van der Waals surface area contributed by atoms with Gasteiger partial charge in [0.1, 0.15) is 19.1 Å². The highest BCUT2D eigenvalue weighted by Crippen LogP contribution is 1.96. The summed E-state index contributed by atoms with van der Waals surface area (Å²) in [6, 6.07) is -2.68. The normalized spacial score (nSPS) is 11.2. The molecule has 8 N–H and O–H groups in total. The molecule has 20 heavy (non-hydrogen) atoms. The van der Waals surface area contributed by atoms with Gasteiger partial charge in [-0.2, -0.15) is 0 Å². The van der Waals surface area contributed by atoms with Crippen LogP contribution >= 0.6 is 0 Å². The molecular formula is C9H15N5O6. The van der Waals surface area contributed by atoms with E-state index in [1.165, 1.54) is 0 Å². The van der Waals surface area contributed by atoms with Crippen LogP contribution in [0.3, 0.4) is 0 Å². The van der Waals surface area contributed by atoms with Crippen molar-refractivity contribution >= 4 is 29.7 Å². The van der Waals surface area contributed by atoms with Crippen molar-refractivity contribution in [3.8, 4) is 0 Å². The first-order valence-electron chi connectivity index (χ1n) is 5.26. The molecule has 112 valence electrons. The molecule has 0 aromatic carbocycles. The second-order valence-electron chi connectivity index (χ2n) is 3.80. The van der Waals surface area contributed by atoms with Crippen LogP contribution in [0.25, 0.3) is 0 Å². The average Bonchev–Trinajstić information content (AvgIpc) is 2.24. The van der Waals surface area contributed by atoms with Gasteiger partial charge in [0.05, 0.1) is 6.42 Å². The summed E-state index contributed by atoms with van der Waals surface area (Å²) in [6.45, 7) is -1.28. The number of carboxylic acid groups (broad SMARTS) is 1. The molecule has 0 saturated carbocycles. The lowest BCUT2D eigenvalue weighted by atomic mass is 10.2. The molecule has 11 nitrogen and oxygen atoms in total. The van der Waals surface area contributed by atoms with E-state index in [9.17, 15) is 24.0 Å². The number of carboxylic acids is 1. The fourth-order valence-corrected chi connectivity index (χ4v) is 1.22. The second kappa shape index (κ2) is 7.56. The Morgan fingerprint density at radius 3 is 1.70 bits per heavy atom. The molecular weight excluding hydrogens is 274 g/mol. The second-order valence-corrected chi connectivity index (χ2v) is 3.80. The number of nitrogens with zero attached hydrogens (tertiary/aromatic N) is 1. The van der Waals surface area contributed by atoms with Crippen LogP contribution in [0.5, 0.6) is 0 Å². The van der Waals surface area contributed by atoms with Crippen molar-refractivity contribution in [3.05, 3.63) is 0 Å². The monoisotopic (exact) mass is 289 g/mol. The third kappa shape index (κ3) is 6.78. The SMILES string of the molecule is NC(=O)CC(NC(=O)N(CC(N)=O)CC(N)=O)C(=O)O. The third-order valence-electron chi connectivity index (χ3n) is 1.98. The Labute approximate surface area is 113 Å². The smallest absolute Gasteiger partial charge is 0.326 e. The van der Waals surface area contributed by atoms with E-state index in [4.69, 9.17) is 22.3 Å². The number of rotatable bonds is 8. The lowest BCUT2D eigenvalue weighted by Gasteiger charge is -2.22. The highest BCUT2D eigenvalue weighted by molar-refractivity contribution is 5.91. The summed E-state index contributed by atoms with van der Waals surface area (Å²) in [5.41, 5.74) is 14.6. The maximum absolute atomic E-state index is 11.7. The fourth-order valence-electron chi connectivity index (χ4n) is 1.22. The van der Waals surface area contributed by atoms with Crippen LogP contribution in [0.4, 0.5) is 4.79 Å². The van der Waals surface area contributed by atoms with Crippen LogP contribution in [0, 0.1) is 0 Å². The minimum absolute atomic E-state index is 0.613. The van der Waals surface area contributed by atoms with E-state index in [0.717, 1.165) is 0 Å². The number of primary amides is 3. The molecule has 0 aliphatic rings. The molecule has 0 heterocycles. The Bertz CT molecular complexity index is 421. The van der Waals surface area contributed by atoms with E-state index in [2.05, 4.69) is 0 Å². The molecule has 1 unspecified atom stereocenters. The molecule has 11 heteroatoms. The lowest BCUT2D eigenvalue weighted by Crippen LogP contribution is -2.53. The van der Waals surface area contributed by atoms with Crippen molar-refractivity contribution in [3.63, 3.8) is 0 Å². The Morgan fingerprint density at radius 2 is 1.40 bits per heavy atom. The third-order valence-corrected chi connectivity index (χ3v) is 1.98. The number of nitrogens with one attached hydrogen (secondary N) is 1. The van der Waals surface area contributed by atoms with Crippen LogP contribution in [-0.4, -0.2) is 58.9 Å². The zero-order valence-electron chi connectivity index (χ0n) is 10.4. The topological polar surface area (TPSA) is 199 Å². The standard InChI is InChI=1S/C9H15N5O6/c10-5(15)1-4(8(18)19)13-9(20)14(2-6(11)16)3-7(12)17/h4H,1-3H2,(H2,10,15)(H2,11,16)(H2,12,17)(H,13,20)(H,18,19). The van der Waals surface area contributed by atoms with E-state index in [0.29, 0.717) is 4.90 Å². The summed E-state index contributed by atoms with van der Waals surface area (Å²) < 4.78 is 0. The van der Waals surface area contributed by atoms with Crippen LogP contribution in [0.15, 0.2) is 0 Å². The summed E-state index contributed by atoms with van der Waals surface area (Å²) in [7, 11) is 0. The van der Waals surface area contributed by atoms with Crippen molar-refractivity contribution in [2.75, 3.05) is 13.1 Å². The Balaban J connectivity index is 4.85. The Kier molecular flexibility index (Phi) is 6.48. The summed E-state index contributed by atoms with van der Waals surface area (Å²) in [5, 5.41) is 10.7. The highest BCUT2D eigenvalue weighted by atomic mass is 16.4. The maximum atomic E-state index is 11.7. The van der Waals surface area contributed by atoms with Gasteiger partial charge in [-0.3, -0.25) is 14.4 Å². The van der Waals surface area contributed by atoms with Crippen molar-refractivity contribution in [1.82, 2.24) is 10.2 Å². The number of nitrogens with two attached hydrogens (primary N) is 3. The van der Waals surface area contributed by atoms with E-state index in [1.807, 2.05) is 5.32 Å². The molecule has 0 aliphatic heterocycles. The Hall–Kier alpha value is -2.85. The largest absolute Gasteiger partial charge is 0.480 e. The molecule has 0 fully saturated rings. The van der Waals surface area contributed by atoms with Gasteiger partial charge >= 0.3 is 12.0 Å². The predicted molar refractivity (Wildman–Crippen MR) is 63.7 cm³/mol. The van der Waals surface area contributed by atoms with Gasteiger partial charge < -0.3 is 32.5 Å². The summed E-state index contributed by atoms with van der Waals surface area (Å²) in [4.78, 5) is 55.3. The Morgan fingerprint density at radius 1 is 0.950 bits per heavy atom. The molecule has 0 saturated heterocycles. The maximum Gasteiger partial charge on any atom is 0.326 e. The van der Waals surface area contributed by atoms with Gasteiger partial charge in [-0.25, -0.2) is 9.59 Å². The van der Waals surface area contributed by atoms with Gasteiger partial charge in [-0.15, -0.1) is 0 Å². The minimum Gasteiger partial charge on any atom is -0.480 e. The summed E-state index contributed by atoms with van der Waals surface area (Å²) in [6.07, 6.45) is -0.651. The zero-order chi connectivity index (χ0) is 15.9.